The minimum absolute atomic E-state index is 0.0112. The lowest BCUT2D eigenvalue weighted by molar-refractivity contribution is -0.144. The summed E-state index contributed by atoms with van der Waals surface area (Å²) in [6, 6.07) is 0. The summed E-state index contributed by atoms with van der Waals surface area (Å²) in [5.74, 6) is -1.16. The Morgan fingerprint density at radius 3 is 2.69 bits per heavy atom. The van der Waals surface area contributed by atoms with Crippen molar-refractivity contribution in [1.82, 2.24) is 10.2 Å². The Hall–Kier alpha value is -1.69. The molecule has 0 aromatic heterocycles. The summed E-state index contributed by atoms with van der Waals surface area (Å²) >= 11 is 0. The first-order valence-electron chi connectivity index (χ1n) is 10.0. The van der Waals surface area contributed by atoms with Crippen molar-refractivity contribution in [2.45, 2.75) is 70.5 Å². The van der Waals surface area contributed by atoms with E-state index in [1.54, 1.807) is 0 Å². The lowest BCUT2D eigenvalue weighted by Crippen LogP contribution is -2.41. The summed E-state index contributed by atoms with van der Waals surface area (Å²) in [5.41, 5.74) is -0.787. The predicted molar refractivity (Wildman–Crippen MR) is 97.1 cm³/mol. The lowest BCUT2D eigenvalue weighted by atomic mass is 9.75. The fourth-order valence-electron chi connectivity index (χ4n) is 4.52. The molecule has 26 heavy (non-hydrogen) atoms. The number of amides is 3. The molecule has 3 amide bonds. The maximum atomic E-state index is 12.7. The zero-order valence-electron chi connectivity index (χ0n) is 15.8. The van der Waals surface area contributed by atoms with E-state index in [1.807, 2.05) is 19.1 Å². The molecular weight excluding hydrogens is 332 g/mol. The fourth-order valence-corrected chi connectivity index (χ4v) is 4.52. The number of imide groups is 1. The molecule has 0 saturated carbocycles. The number of nitrogens with one attached hydrogen (secondary N) is 1. The Balaban J connectivity index is 1.50. The molecule has 1 N–H and O–H groups in total. The van der Waals surface area contributed by atoms with Crippen LogP contribution in [0.4, 0.5) is 0 Å². The van der Waals surface area contributed by atoms with E-state index in [2.05, 4.69) is 12.2 Å². The molecule has 4 atom stereocenters. The Bertz CT molecular complexity index is 603. The van der Waals surface area contributed by atoms with E-state index in [0.717, 1.165) is 12.8 Å². The number of unbranched alkanes of at least 4 members (excludes halogenated alkanes) is 4. The van der Waals surface area contributed by atoms with Crippen LogP contribution in [-0.4, -0.2) is 47.4 Å². The van der Waals surface area contributed by atoms with Crippen LogP contribution < -0.4 is 5.32 Å². The molecule has 4 unspecified atom stereocenters. The zero-order valence-corrected chi connectivity index (χ0v) is 15.8. The molecule has 0 radical (unpaired) electrons. The van der Waals surface area contributed by atoms with E-state index in [1.165, 1.54) is 24.2 Å². The van der Waals surface area contributed by atoms with Crippen molar-refractivity contribution in [1.29, 1.82) is 0 Å². The van der Waals surface area contributed by atoms with Crippen LogP contribution in [-0.2, 0) is 19.1 Å². The van der Waals surface area contributed by atoms with E-state index in [-0.39, 0.29) is 23.8 Å². The summed E-state index contributed by atoms with van der Waals surface area (Å²) < 4.78 is 6.02. The molecule has 0 aromatic rings. The van der Waals surface area contributed by atoms with Gasteiger partial charge in [-0.3, -0.25) is 19.3 Å². The minimum Gasteiger partial charge on any atom is -0.362 e. The average molecular weight is 362 g/mol. The van der Waals surface area contributed by atoms with Crippen molar-refractivity contribution in [3.05, 3.63) is 12.2 Å². The fraction of sp³-hybridized carbons (Fsp3) is 0.750. The highest BCUT2D eigenvalue weighted by molar-refractivity contribution is 6.07. The van der Waals surface area contributed by atoms with Crippen LogP contribution in [0.5, 0.6) is 0 Å². The molecule has 0 aromatic carbocycles. The van der Waals surface area contributed by atoms with Gasteiger partial charge in [-0.1, -0.05) is 44.8 Å². The smallest absolute Gasteiger partial charge is 0.236 e. The van der Waals surface area contributed by atoms with Gasteiger partial charge in [0.2, 0.25) is 17.7 Å². The van der Waals surface area contributed by atoms with Crippen LogP contribution in [0.1, 0.15) is 58.8 Å². The Morgan fingerprint density at radius 1 is 1.19 bits per heavy atom. The van der Waals surface area contributed by atoms with Gasteiger partial charge in [0.05, 0.1) is 17.9 Å². The number of likely N-dealkylation sites (tertiary alicyclic amines) is 1. The lowest BCUT2D eigenvalue weighted by Gasteiger charge is -2.28. The number of rotatable bonds is 10. The van der Waals surface area contributed by atoms with Gasteiger partial charge in [0.25, 0.3) is 0 Å². The largest absolute Gasteiger partial charge is 0.362 e. The van der Waals surface area contributed by atoms with Crippen molar-refractivity contribution in [3.63, 3.8) is 0 Å². The van der Waals surface area contributed by atoms with E-state index >= 15 is 0 Å². The Kier molecular flexibility index (Phi) is 5.80. The molecule has 2 bridgehead atoms. The van der Waals surface area contributed by atoms with Crippen molar-refractivity contribution in [3.8, 4) is 0 Å². The van der Waals surface area contributed by atoms with Crippen molar-refractivity contribution in [2.75, 3.05) is 13.1 Å². The molecule has 3 rings (SSSR count). The van der Waals surface area contributed by atoms with Gasteiger partial charge in [-0.25, -0.2) is 0 Å². The van der Waals surface area contributed by atoms with Crippen LogP contribution in [0, 0.1) is 11.8 Å². The molecule has 6 nitrogen and oxygen atoms in total. The number of fused-ring (bicyclic) bond motifs is 5. The molecule has 2 fully saturated rings. The van der Waals surface area contributed by atoms with Gasteiger partial charge in [0, 0.05) is 19.5 Å². The number of nitrogens with zero attached hydrogens (tertiary/aromatic N) is 1. The standard InChI is InChI=1S/C20H30N2O4/c1-3-5-6-7-8-13-21-15(23)10-12-20-11-9-14(26-20)16-17(20)19(25)22(4-2)18(16)24/h9,11,14,16-17H,3-8,10,12-13H2,1-2H3,(H,21,23). The van der Waals surface area contributed by atoms with E-state index in [9.17, 15) is 14.4 Å². The summed E-state index contributed by atoms with van der Waals surface area (Å²) in [6.45, 7) is 5.09. The van der Waals surface area contributed by atoms with Gasteiger partial charge in [0.1, 0.15) is 5.60 Å². The van der Waals surface area contributed by atoms with E-state index < -0.39 is 17.4 Å². The average Bonchev–Trinajstić information content (AvgIpc) is 3.27. The predicted octanol–water partition coefficient (Wildman–Crippen LogP) is 2.18. The van der Waals surface area contributed by atoms with E-state index in [4.69, 9.17) is 4.74 Å². The zero-order chi connectivity index (χ0) is 18.7. The van der Waals surface area contributed by atoms with Gasteiger partial charge >= 0.3 is 0 Å². The molecule has 0 aliphatic carbocycles. The molecular formula is C20H30N2O4. The molecule has 144 valence electrons. The van der Waals surface area contributed by atoms with Crippen molar-refractivity contribution in [2.24, 2.45) is 11.8 Å². The third kappa shape index (κ3) is 3.31. The number of carbonyl (C=O) groups excluding carboxylic acids is 3. The first-order valence-corrected chi connectivity index (χ1v) is 10.0. The highest BCUT2D eigenvalue weighted by atomic mass is 16.5. The topological polar surface area (TPSA) is 75.7 Å². The number of ether oxygens (including phenoxy) is 1. The molecule has 6 heteroatoms. The van der Waals surface area contributed by atoms with Crippen LogP contribution in [0.3, 0.4) is 0 Å². The van der Waals surface area contributed by atoms with Crippen LogP contribution in [0.2, 0.25) is 0 Å². The maximum absolute atomic E-state index is 12.7. The van der Waals surface area contributed by atoms with Gasteiger partial charge in [-0.2, -0.15) is 0 Å². The molecule has 3 heterocycles. The quantitative estimate of drug-likeness (QED) is 0.367. The van der Waals surface area contributed by atoms with E-state index in [0.29, 0.717) is 25.9 Å². The number of hydrogen-bond acceptors (Lipinski definition) is 4. The highest BCUT2D eigenvalue weighted by Crippen LogP contribution is 2.53. The van der Waals surface area contributed by atoms with Crippen LogP contribution in [0.25, 0.3) is 0 Å². The number of carbonyl (C=O) groups is 3. The second-order valence-electron chi connectivity index (χ2n) is 7.58. The molecule has 3 aliphatic heterocycles. The first kappa shape index (κ1) is 19.1. The second-order valence-corrected chi connectivity index (χ2v) is 7.58. The van der Waals surface area contributed by atoms with Crippen LogP contribution >= 0.6 is 0 Å². The maximum Gasteiger partial charge on any atom is 0.236 e. The van der Waals surface area contributed by atoms with Gasteiger partial charge in [-0.05, 0) is 19.8 Å². The summed E-state index contributed by atoms with van der Waals surface area (Å²) in [4.78, 5) is 38.6. The molecule has 0 spiro atoms. The summed E-state index contributed by atoms with van der Waals surface area (Å²) in [7, 11) is 0. The second kappa shape index (κ2) is 7.91. The molecule has 2 saturated heterocycles. The van der Waals surface area contributed by atoms with Gasteiger partial charge in [-0.15, -0.1) is 0 Å². The monoisotopic (exact) mass is 362 g/mol. The van der Waals surface area contributed by atoms with Crippen molar-refractivity contribution < 1.29 is 19.1 Å². The Morgan fingerprint density at radius 2 is 1.96 bits per heavy atom. The highest BCUT2D eigenvalue weighted by Gasteiger charge is 2.66. The van der Waals surface area contributed by atoms with Gasteiger partial charge in [0.15, 0.2) is 0 Å². The number of hydrogen-bond donors (Lipinski definition) is 1. The van der Waals surface area contributed by atoms with Crippen molar-refractivity contribution >= 4 is 17.7 Å². The Labute approximate surface area is 155 Å². The summed E-state index contributed by atoms with van der Waals surface area (Å²) in [5, 5.41) is 2.96. The first-order chi connectivity index (χ1) is 12.5. The minimum atomic E-state index is -0.787. The molecule has 3 aliphatic rings. The SMILES string of the molecule is CCCCCCCNC(=O)CCC12C=CC(O1)C1C(=O)N(CC)C(=O)C12. The van der Waals surface area contributed by atoms with Gasteiger partial charge < -0.3 is 10.1 Å². The third-order valence-electron chi connectivity index (χ3n) is 5.91. The third-order valence-corrected chi connectivity index (χ3v) is 5.91. The summed E-state index contributed by atoms with van der Waals surface area (Å²) in [6.07, 6.45) is 10.0. The normalized spacial score (nSPS) is 31.8. The van der Waals surface area contributed by atoms with Crippen LogP contribution in [0.15, 0.2) is 12.2 Å².